The molecule has 80 valence electrons. The molecule has 0 aromatic heterocycles. The van der Waals surface area contributed by atoms with Gasteiger partial charge in [-0.05, 0) is 46.1 Å². The number of rotatable bonds is 2. The quantitative estimate of drug-likeness (QED) is 0.644. The van der Waals surface area contributed by atoms with Crippen LogP contribution in [-0.4, -0.2) is 5.60 Å². The Kier molecular flexibility index (Phi) is 3.41. The molecule has 0 radical (unpaired) electrons. The van der Waals surface area contributed by atoms with Crippen molar-refractivity contribution < 1.29 is 4.74 Å². The Labute approximate surface area is 87.8 Å². The molecule has 1 unspecified atom stereocenters. The van der Waals surface area contributed by atoms with E-state index < -0.39 is 0 Å². The Balaban J connectivity index is 2.84. The molecule has 1 nitrogen and oxygen atoms in total. The molecule has 1 aliphatic carbocycles. The maximum atomic E-state index is 6.02. The lowest BCUT2D eigenvalue weighted by molar-refractivity contribution is 0.0310. The molecule has 0 amide bonds. The molecule has 1 atom stereocenters. The molecule has 1 rings (SSSR count). The van der Waals surface area contributed by atoms with Crippen LogP contribution in [0.25, 0.3) is 0 Å². The molecule has 0 N–H and O–H groups in total. The lowest BCUT2D eigenvalue weighted by atomic mass is 9.92. The van der Waals surface area contributed by atoms with Gasteiger partial charge in [0.15, 0.2) is 0 Å². The summed E-state index contributed by atoms with van der Waals surface area (Å²) in [6, 6.07) is 0. The average Bonchev–Trinajstić information content (AvgIpc) is 2.06. The number of hydrogen-bond donors (Lipinski definition) is 0. The lowest BCUT2D eigenvalue weighted by Gasteiger charge is -2.30. The van der Waals surface area contributed by atoms with Crippen molar-refractivity contribution in [3.63, 3.8) is 0 Å². The Hall–Kier alpha value is -0.720. The topological polar surface area (TPSA) is 9.23 Å². The van der Waals surface area contributed by atoms with E-state index in [1.807, 2.05) is 0 Å². The molecular weight excluding hydrogens is 172 g/mol. The maximum absolute atomic E-state index is 6.02. The fourth-order valence-corrected chi connectivity index (χ4v) is 1.77. The Morgan fingerprint density at radius 3 is 2.57 bits per heavy atom. The van der Waals surface area contributed by atoms with Gasteiger partial charge in [-0.15, -0.1) is 0 Å². The van der Waals surface area contributed by atoms with Crippen molar-refractivity contribution in [2.24, 2.45) is 5.92 Å². The Bertz CT molecular complexity index is 253. The van der Waals surface area contributed by atoms with Crippen LogP contribution in [0.3, 0.4) is 0 Å². The van der Waals surface area contributed by atoms with Crippen LogP contribution in [0.1, 0.15) is 47.5 Å². The highest BCUT2D eigenvalue weighted by Gasteiger charge is 2.22. The SMILES string of the molecule is CCC1CC=CC(C)=C1OC(C)(C)C. The van der Waals surface area contributed by atoms with Crippen LogP contribution in [0, 0.1) is 5.92 Å². The Morgan fingerprint density at radius 2 is 2.07 bits per heavy atom. The summed E-state index contributed by atoms with van der Waals surface area (Å²) >= 11 is 0. The minimum atomic E-state index is -0.0742. The van der Waals surface area contributed by atoms with Crippen molar-refractivity contribution in [1.82, 2.24) is 0 Å². The smallest absolute Gasteiger partial charge is 0.103 e. The molecule has 14 heavy (non-hydrogen) atoms. The summed E-state index contributed by atoms with van der Waals surface area (Å²) in [6.45, 7) is 10.7. The van der Waals surface area contributed by atoms with Crippen molar-refractivity contribution in [3.8, 4) is 0 Å². The lowest BCUT2D eigenvalue weighted by Crippen LogP contribution is -2.23. The monoisotopic (exact) mass is 194 g/mol. The third kappa shape index (κ3) is 2.90. The minimum Gasteiger partial charge on any atom is -0.492 e. The molecule has 0 fully saturated rings. The van der Waals surface area contributed by atoms with Crippen molar-refractivity contribution >= 4 is 0 Å². The van der Waals surface area contributed by atoms with Gasteiger partial charge in [0.1, 0.15) is 11.4 Å². The van der Waals surface area contributed by atoms with Crippen molar-refractivity contribution in [1.29, 1.82) is 0 Å². The van der Waals surface area contributed by atoms with E-state index in [-0.39, 0.29) is 5.60 Å². The van der Waals surface area contributed by atoms with E-state index in [0.717, 1.165) is 12.8 Å². The summed E-state index contributed by atoms with van der Waals surface area (Å²) < 4.78 is 6.02. The molecular formula is C13H22O. The van der Waals surface area contributed by atoms with Gasteiger partial charge in [0, 0.05) is 5.92 Å². The molecule has 0 heterocycles. The summed E-state index contributed by atoms with van der Waals surface area (Å²) in [6.07, 6.45) is 6.71. The first kappa shape index (κ1) is 11.4. The van der Waals surface area contributed by atoms with Gasteiger partial charge in [0.25, 0.3) is 0 Å². The van der Waals surface area contributed by atoms with Gasteiger partial charge in [0.05, 0.1) is 0 Å². The van der Waals surface area contributed by atoms with Gasteiger partial charge in [-0.1, -0.05) is 19.1 Å². The van der Waals surface area contributed by atoms with Gasteiger partial charge in [-0.3, -0.25) is 0 Å². The zero-order valence-electron chi connectivity index (χ0n) is 10.1. The number of hydrogen-bond acceptors (Lipinski definition) is 1. The van der Waals surface area contributed by atoms with Crippen molar-refractivity contribution in [2.45, 2.75) is 53.1 Å². The van der Waals surface area contributed by atoms with Gasteiger partial charge in [-0.2, -0.15) is 0 Å². The highest BCUT2D eigenvalue weighted by molar-refractivity contribution is 5.26. The van der Waals surface area contributed by atoms with E-state index in [9.17, 15) is 0 Å². The highest BCUT2D eigenvalue weighted by Crippen LogP contribution is 2.31. The number of allylic oxidation sites excluding steroid dienone is 4. The van der Waals surface area contributed by atoms with E-state index in [2.05, 4.69) is 46.8 Å². The van der Waals surface area contributed by atoms with Gasteiger partial charge in [0.2, 0.25) is 0 Å². The first-order valence-corrected chi connectivity index (χ1v) is 5.50. The fourth-order valence-electron chi connectivity index (χ4n) is 1.77. The van der Waals surface area contributed by atoms with Crippen molar-refractivity contribution in [3.05, 3.63) is 23.5 Å². The summed E-state index contributed by atoms with van der Waals surface area (Å²) in [4.78, 5) is 0. The first-order chi connectivity index (χ1) is 6.44. The van der Waals surface area contributed by atoms with Gasteiger partial charge in [-0.25, -0.2) is 0 Å². The van der Waals surface area contributed by atoms with Gasteiger partial charge < -0.3 is 4.74 Å². The molecule has 0 aliphatic heterocycles. The van der Waals surface area contributed by atoms with Crippen LogP contribution in [-0.2, 0) is 4.74 Å². The van der Waals surface area contributed by atoms with E-state index in [0.29, 0.717) is 5.92 Å². The molecule has 1 heteroatoms. The first-order valence-electron chi connectivity index (χ1n) is 5.50. The van der Waals surface area contributed by atoms with E-state index in [4.69, 9.17) is 4.74 Å². The molecule has 0 aromatic carbocycles. The average molecular weight is 194 g/mol. The summed E-state index contributed by atoms with van der Waals surface area (Å²) in [7, 11) is 0. The normalized spacial score (nSPS) is 22.8. The highest BCUT2D eigenvalue weighted by atomic mass is 16.5. The predicted molar refractivity (Wildman–Crippen MR) is 61.1 cm³/mol. The van der Waals surface area contributed by atoms with E-state index >= 15 is 0 Å². The van der Waals surface area contributed by atoms with E-state index in [1.54, 1.807) is 0 Å². The molecule has 0 bridgehead atoms. The number of ether oxygens (including phenoxy) is 1. The third-order valence-corrected chi connectivity index (χ3v) is 2.46. The third-order valence-electron chi connectivity index (χ3n) is 2.46. The Morgan fingerprint density at radius 1 is 1.43 bits per heavy atom. The maximum Gasteiger partial charge on any atom is 0.103 e. The van der Waals surface area contributed by atoms with Crippen LogP contribution < -0.4 is 0 Å². The van der Waals surface area contributed by atoms with Crippen LogP contribution in [0.15, 0.2) is 23.5 Å². The zero-order chi connectivity index (χ0) is 10.8. The summed E-state index contributed by atoms with van der Waals surface area (Å²) in [5.74, 6) is 1.78. The summed E-state index contributed by atoms with van der Waals surface area (Å²) in [5.41, 5.74) is 1.22. The zero-order valence-corrected chi connectivity index (χ0v) is 10.1. The molecule has 1 aliphatic rings. The van der Waals surface area contributed by atoms with Crippen LogP contribution in [0.4, 0.5) is 0 Å². The fraction of sp³-hybridized carbons (Fsp3) is 0.692. The second-order valence-electron chi connectivity index (χ2n) is 5.00. The predicted octanol–water partition coefficient (Wildman–Crippen LogP) is 4.06. The van der Waals surface area contributed by atoms with Crippen LogP contribution in [0.2, 0.25) is 0 Å². The van der Waals surface area contributed by atoms with Crippen molar-refractivity contribution in [2.75, 3.05) is 0 Å². The van der Waals surface area contributed by atoms with Crippen LogP contribution in [0.5, 0.6) is 0 Å². The summed E-state index contributed by atoms with van der Waals surface area (Å²) in [5, 5.41) is 0. The molecule has 0 spiro atoms. The molecule has 0 saturated heterocycles. The largest absolute Gasteiger partial charge is 0.492 e. The second-order valence-corrected chi connectivity index (χ2v) is 5.00. The van der Waals surface area contributed by atoms with E-state index in [1.165, 1.54) is 11.3 Å². The molecule has 0 aromatic rings. The second kappa shape index (κ2) is 4.20. The standard InChI is InChI=1S/C13H22O/c1-6-11-9-7-8-10(2)12(11)14-13(3,4)5/h7-8,11H,6,9H2,1-5H3. The van der Waals surface area contributed by atoms with Crippen LogP contribution >= 0.6 is 0 Å². The van der Waals surface area contributed by atoms with Gasteiger partial charge >= 0.3 is 0 Å². The minimum absolute atomic E-state index is 0.0742. The molecule has 0 saturated carbocycles.